The second-order valence-electron chi connectivity index (χ2n) is 7.50. The normalized spacial score (nSPS) is 15.8. The molecule has 3 rings (SSSR count). The van der Waals surface area contributed by atoms with Crippen molar-refractivity contribution < 1.29 is 28.5 Å². The molecule has 2 aromatic carbocycles. The molecule has 160 valence electrons. The molecule has 1 fully saturated rings. The van der Waals surface area contributed by atoms with Crippen LogP contribution in [0.25, 0.3) is 0 Å². The zero-order chi connectivity index (χ0) is 21.5. The van der Waals surface area contributed by atoms with Crippen molar-refractivity contribution in [3.05, 3.63) is 58.1 Å². The average Bonchev–Trinajstić information content (AvgIpc) is 3.24. The third-order valence-electron chi connectivity index (χ3n) is 4.44. The molecular formula is C23H25BrO6. The van der Waals surface area contributed by atoms with E-state index in [4.69, 9.17) is 18.9 Å². The Bertz CT molecular complexity index is 889. The molecule has 1 saturated heterocycles. The molecule has 30 heavy (non-hydrogen) atoms. The van der Waals surface area contributed by atoms with E-state index in [-0.39, 0.29) is 18.5 Å². The molecule has 1 aliphatic heterocycles. The molecule has 0 spiro atoms. The Morgan fingerprint density at radius 1 is 1.17 bits per heavy atom. The largest absolute Gasteiger partial charge is 0.492 e. The molecule has 1 heterocycles. The molecule has 0 N–H and O–H groups in total. The number of hydrogen-bond donors (Lipinski definition) is 0. The SMILES string of the molecule is CC(C)COc1ccc(Br)cc1C(=O)Oc1cccc(C(=O)OCC2CCCO2)c1. The van der Waals surface area contributed by atoms with Crippen molar-refractivity contribution in [3.8, 4) is 11.5 Å². The van der Waals surface area contributed by atoms with Gasteiger partial charge >= 0.3 is 11.9 Å². The molecule has 6 nitrogen and oxygen atoms in total. The van der Waals surface area contributed by atoms with E-state index in [0.717, 1.165) is 17.3 Å². The summed E-state index contributed by atoms with van der Waals surface area (Å²) in [5, 5.41) is 0. The highest BCUT2D eigenvalue weighted by Crippen LogP contribution is 2.26. The van der Waals surface area contributed by atoms with Crippen LogP contribution in [0.2, 0.25) is 0 Å². The van der Waals surface area contributed by atoms with E-state index >= 15 is 0 Å². The van der Waals surface area contributed by atoms with Crippen LogP contribution < -0.4 is 9.47 Å². The van der Waals surface area contributed by atoms with Crippen LogP contribution in [0.15, 0.2) is 46.9 Å². The van der Waals surface area contributed by atoms with E-state index in [0.29, 0.717) is 36.0 Å². The molecule has 1 atom stereocenters. The van der Waals surface area contributed by atoms with Crippen LogP contribution in [-0.2, 0) is 9.47 Å². The van der Waals surface area contributed by atoms with Crippen molar-refractivity contribution in [3.63, 3.8) is 0 Å². The number of esters is 2. The highest BCUT2D eigenvalue weighted by atomic mass is 79.9. The van der Waals surface area contributed by atoms with Crippen LogP contribution >= 0.6 is 15.9 Å². The Labute approximate surface area is 184 Å². The van der Waals surface area contributed by atoms with Gasteiger partial charge in [0, 0.05) is 11.1 Å². The van der Waals surface area contributed by atoms with Crippen LogP contribution in [0.4, 0.5) is 0 Å². The fourth-order valence-electron chi connectivity index (χ4n) is 2.92. The number of hydrogen-bond acceptors (Lipinski definition) is 6. The molecule has 0 radical (unpaired) electrons. The van der Waals surface area contributed by atoms with Crippen molar-refractivity contribution in [2.45, 2.75) is 32.8 Å². The van der Waals surface area contributed by atoms with Gasteiger partial charge in [-0.2, -0.15) is 0 Å². The van der Waals surface area contributed by atoms with Crippen molar-refractivity contribution in [1.82, 2.24) is 0 Å². The molecule has 2 aromatic rings. The lowest BCUT2D eigenvalue weighted by molar-refractivity contribution is 0.0161. The zero-order valence-electron chi connectivity index (χ0n) is 17.1. The fraction of sp³-hybridized carbons (Fsp3) is 0.391. The minimum atomic E-state index is -0.570. The van der Waals surface area contributed by atoms with Gasteiger partial charge in [-0.3, -0.25) is 0 Å². The Morgan fingerprint density at radius 3 is 2.73 bits per heavy atom. The minimum absolute atomic E-state index is 0.0456. The summed E-state index contributed by atoms with van der Waals surface area (Å²) < 4.78 is 22.8. The van der Waals surface area contributed by atoms with E-state index in [1.165, 1.54) is 6.07 Å². The van der Waals surface area contributed by atoms with Gasteiger partial charge in [-0.1, -0.05) is 35.8 Å². The van der Waals surface area contributed by atoms with E-state index in [9.17, 15) is 9.59 Å². The van der Waals surface area contributed by atoms with Crippen molar-refractivity contribution >= 4 is 27.9 Å². The standard InChI is InChI=1S/C23H25BrO6/c1-15(2)13-28-21-9-8-17(24)12-20(21)23(26)30-18-6-3-5-16(11-18)22(25)29-14-19-7-4-10-27-19/h3,5-6,8-9,11-12,15,19H,4,7,10,13-14H2,1-2H3. The fourth-order valence-corrected chi connectivity index (χ4v) is 3.28. The summed E-state index contributed by atoms with van der Waals surface area (Å²) in [5.74, 6) is -0.0352. The monoisotopic (exact) mass is 476 g/mol. The van der Waals surface area contributed by atoms with E-state index < -0.39 is 11.9 Å². The minimum Gasteiger partial charge on any atom is -0.492 e. The lowest BCUT2D eigenvalue weighted by Gasteiger charge is -2.13. The van der Waals surface area contributed by atoms with Gasteiger partial charge in [0.05, 0.1) is 18.3 Å². The lowest BCUT2D eigenvalue weighted by Crippen LogP contribution is -2.18. The second kappa shape index (κ2) is 10.6. The number of benzene rings is 2. The molecular weight excluding hydrogens is 452 g/mol. The molecule has 0 aromatic heterocycles. The third kappa shape index (κ3) is 6.31. The number of rotatable bonds is 8. The maximum atomic E-state index is 12.8. The zero-order valence-corrected chi connectivity index (χ0v) is 18.6. The van der Waals surface area contributed by atoms with E-state index in [1.807, 2.05) is 13.8 Å². The maximum absolute atomic E-state index is 12.8. The number of ether oxygens (including phenoxy) is 4. The Balaban J connectivity index is 1.67. The summed E-state index contributed by atoms with van der Waals surface area (Å²) in [6.45, 7) is 5.46. The molecule has 7 heteroatoms. The number of carbonyl (C=O) groups is 2. The summed E-state index contributed by atoms with van der Waals surface area (Å²) in [5.41, 5.74) is 0.611. The molecule has 0 saturated carbocycles. The first-order valence-electron chi connectivity index (χ1n) is 9.95. The van der Waals surface area contributed by atoms with Crippen LogP contribution in [0.3, 0.4) is 0 Å². The van der Waals surface area contributed by atoms with Crippen LogP contribution in [0, 0.1) is 5.92 Å². The first kappa shape index (κ1) is 22.3. The summed E-state index contributed by atoms with van der Waals surface area (Å²) in [7, 11) is 0. The summed E-state index contributed by atoms with van der Waals surface area (Å²) in [6, 6.07) is 11.5. The smallest absolute Gasteiger partial charge is 0.347 e. The van der Waals surface area contributed by atoms with Gasteiger partial charge < -0.3 is 18.9 Å². The average molecular weight is 477 g/mol. The van der Waals surface area contributed by atoms with Gasteiger partial charge in [-0.15, -0.1) is 0 Å². The Kier molecular flexibility index (Phi) is 7.87. The van der Waals surface area contributed by atoms with Gasteiger partial charge in [-0.05, 0) is 55.2 Å². The second-order valence-corrected chi connectivity index (χ2v) is 8.41. The summed E-state index contributed by atoms with van der Waals surface area (Å²) >= 11 is 3.37. The van der Waals surface area contributed by atoms with Crippen LogP contribution in [-0.4, -0.2) is 37.9 Å². The van der Waals surface area contributed by atoms with Gasteiger partial charge in [0.1, 0.15) is 23.7 Å². The Hall–Kier alpha value is -2.38. The van der Waals surface area contributed by atoms with Crippen LogP contribution in [0.1, 0.15) is 47.4 Å². The molecule has 0 aliphatic carbocycles. The molecule has 1 aliphatic rings. The van der Waals surface area contributed by atoms with Crippen LogP contribution in [0.5, 0.6) is 11.5 Å². The topological polar surface area (TPSA) is 71.1 Å². The first-order chi connectivity index (χ1) is 14.4. The third-order valence-corrected chi connectivity index (χ3v) is 4.93. The predicted molar refractivity (Wildman–Crippen MR) is 115 cm³/mol. The molecule has 0 amide bonds. The van der Waals surface area contributed by atoms with Gasteiger partial charge in [0.2, 0.25) is 0 Å². The van der Waals surface area contributed by atoms with Gasteiger partial charge in [0.15, 0.2) is 0 Å². The highest BCUT2D eigenvalue weighted by Gasteiger charge is 2.20. The first-order valence-corrected chi connectivity index (χ1v) is 10.7. The highest BCUT2D eigenvalue weighted by molar-refractivity contribution is 9.10. The van der Waals surface area contributed by atoms with Crippen molar-refractivity contribution in [1.29, 1.82) is 0 Å². The van der Waals surface area contributed by atoms with Crippen molar-refractivity contribution in [2.75, 3.05) is 19.8 Å². The summed E-state index contributed by atoms with van der Waals surface area (Å²) in [6.07, 6.45) is 1.82. The quantitative estimate of drug-likeness (QED) is 0.392. The Morgan fingerprint density at radius 2 is 2.00 bits per heavy atom. The lowest BCUT2D eigenvalue weighted by atomic mass is 10.2. The van der Waals surface area contributed by atoms with Gasteiger partial charge in [-0.25, -0.2) is 9.59 Å². The van der Waals surface area contributed by atoms with Crippen molar-refractivity contribution in [2.24, 2.45) is 5.92 Å². The summed E-state index contributed by atoms with van der Waals surface area (Å²) in [4.78, 5) is 25.1. The number of halogens is 1. The van der Waals surface area contributed by atoms with Gasteiger partial charge in [0.25, 0.3) is 0 Å². The van der Waals surface area contributed by atoms with E-state index in [1.54, 1.807) is 36.4 Å². The maximum Gasteiger partial charge on any atom is 0.347 e. The van der Waals surface area contributed by atoms with E-state index in [2.05, 4.69) is 15.9 Å². The number of carbonyl (C=O) groups excluding carboxylic acids is 2. The molecule has 1 unspecified atom stereocenters. The molecule has 0 bridgehead atoms. The predicted octanol–water partition coefficient (Wildman–Crippen LogP) is 5.04.